The lowest BCUT2D eigenvalue weighted by Crippen LogP contribution is -2.49. The van der Waals surface area contributed by atoms with Crippen LogP contribution in [0, 0.1) is 5.41 Å². The second kappa shape index (κ2) is 3.48. The topological polar surface area (TPSA) is 38.3 Å². The fraction of sp³-hybridized carbons (Fsp3) is 0.917. The van der Waals surface area contributed by atoms with Crippen molar-refractivity contribution in [3.05, 3.63) is 0 Å². The Morgan fingerprint density at radius 1 is 1.33 bits per heavy atom. The van der Waals surface area contributed by atoms with Crippen molar-refractivity contribution in [2.75, 3.05) is 7.11 Å². The minimum atomic E-state index is -0.0389. The number of carbonyl (C=O) groups excluding carboxylic acids is 1. The van der Waals surface area contributed by atoms with Crippen LogP contribution in [0.15, 0.2) is 0 Å². The third kappa shape index (κ3) is 1.67. The van der Waals surface area contributed by atoms with Crippen molar-refractivity contribution in [1.82, 2.24) is 5.32 Å². The van der Waals surface area contributed by atoms with Crippen molar-refractivity contribution in [3.8, 4) is 0 Å². The summed E-state index contributed by atoms with van der Waals surface area (Å²) in [6.07, 6.45) is 5.51. The number of carbonyl (C=O) groups is 1. The number of amides is 1. The highest BCUT2D eigenvalue weighted by Gasteiger charge is 2.53. The molecule has 1 amide bonds. The lowest BCUT2D eigenvalue weighted by molar-refractivity contribution is -0.120. The summed E-state index contributed by atoms with van der Waals surface area (Å²) in [7, 11) is 1.78. The van der Waals surface area contributed by atoms with E-state index in [1.54, 1.807) is 7.11 Å². The first-order valence-corrected chi connectivity index (χ1v) is 5.83. The van der Waals surface area contributed by atoms with Crippen LogP contribution in [0.1, 0.15) is 46.0 Å². The second-order valence-electron chi connectivity index (χ2n) is 5.57. The highest BCUT2D eigenvalue weighted by molar-refractivity contribution is 5.80. The van der Waals surface area contributed by atoms with Crippen LogP contribution >= 0.6 is 0 Å². The zero-order valence-corrected chi connectivity index (χ0v) is 9.93. The Morgan fingerprint density at radius 3 is 2.33 bits per heavy atom. The number of methoxy groups -OCH3 is 1. The van der Waals surface area contributed by atoms with E-state index in [4.69, 9.17) is 4.74 Å². The van der Waals surface area contributed by atoms with E-state index in [1.165, 1.54) is 0 Å². The Hall–Kier alpha value is -0.570. The molecule has 1 spiro atoms. The molecule has 0 bridgehead atoms. The maximum atomic E-state index is 11.5. The van der Waals surface area contributed by atoms with Gasteiger partial charge < -0.3 is 10.1 Å². The third-order valence-corrected chi connectivity index (χ3v) is 4.50. The molecule has 86 valence electrons. The highest BCUT2D eigenvalue weighted by Crippen LogP contribution is 2.50. The van der Waals surface area contributed by atoms with Gasteiger partial charge in [-0.1, -0.05) is 0 Å². The minimum Gasteiger partial charge on any atom is -0.381 e. The fourth-order valence-electron chi connectivity index (χ4n) is 3.24. The molecule has 2 fully saturated rings. The zero-order chi connectivity index (χ0) is 11.1. The summed E-state index contributed by atoms with van der Waals surface area (Å²) in [6, 6.07) is 0. The van der Waals surface area contributed by atoms with Crippen molar-refractivity contribution >= 4 is 5.91 Å². The molecule has 15 heavy (non-hydrogen) atoms. The smallest absolute Gasteiger partial charge is 0.221 e. The molecule has 1 saturated heterocycles. The van der Waals surface area contributed by atoms with E-state index in [1.807, 2.05) is 0 Å². The van der Waals surface area contributed by atoms with E-state index in [9.17, 15) is 4.79 Å². The summed E-state index contributed by atoms with van der Waals surface area (Å²) in [5.41, 5.74) is 0.141. The Morgan fingerprint density at radius 2 is 1.93 bits per heavy atom. The molecule has 1 saturated carbocycles. The Balaban J connectivity index is 2.12. The van der Waals surface area contributed by atoms with Gasteiger partial charge in [0.25, 0.3) is 0 Å². The van der Waals surface area contributed by atoms with Gasteiger partial charge in [-0.3, -0.25) is 4.79 Å². The molecular formula is C12H21NO2. The van der Waals surface area contributed by atoms with Crippen LogP contribution in [0.25, 0.3) is 0 Å². The molecule has 1 heterocycles. The maximum Gasteiger partial charge on any atom is 0.221 e. The Kier molecular flexibility index (Phi) is 2.53. The van der Waals surface area contributed by atoms with E-state index >= 15 is 0 Å². The molecule has 1 aliphatic heterocycles. The average molecular weight is 211 g/mol. The summed E-state index contributed by atoms with van der Waals surface area (Å²) in [4.78, 5) is 11.5. The molecule has 0 atom stereocenters. The van der Waals surface area contributed by atoms with Crippen molar-refractivity contribution in [1.29, 1.82) is 0 Å². The van der Waals surface area contributed by atoms with Crippen molar-refractivity contribution in [3.63, 3.8) is 0 Å². The molecular weight excluding hydrogens is 190 g/mol. The SMILES string of the molecule is COC1CCC2(CC1)CC(=O)NC2(C)C. The lowest BCUT2D eigenvalue weighted by Gasteiger charge is -2.44. The summed E-state index contributed by atoms with van der Waals surface area (Å²) in [5.74, 6) is 0.218. The van der Waals surface area contributed by atoms with Crippen LogP contribution in [0.5, 0.6) is 0 Å². The predicted molar refractivity (Wildman–Crippen MR) is 58.5 cm³/mol. The molecule has 2 rings (SSSR count). The van der Waals surface area contributed by atoms with E-state index in [0.717, 1.165) is 25.7 Å². The first-order chi connectivity index (χ1) is 6.99. The number of ether oxygens (including phenoxy) is 1. The summed E-state index contributed by atoms with van der Waals surface area (Å²) < 4.78 is 5.38. The van der Waals surface area contributed by atoms with Crippen LogP contribution in [0.3, 0.4) is 0 Å². The van der Waals surface area contributed by atoms with E-state index in [2.05, 4.69) is 19.2 Å². The number of rotatable bonds is 1. The van der Waals surface area contributed by atoms with Crippen LogP contribution in [-0.2, 0) is 9.53 Å². The maximum absolute atomic E-state index is 11.5. The van der Waals surface area contributed by atoms with Gasteiger partial charge in [-0.15, -0.1) is 0 Å². The van der Waals surface area contributed by atoms with E-state index in [0.29, 0.717) is 12.5 Å². The number of hydrogen-bond acceptors (Lipinski definition) is 2. The Bertz CT molecular complexity index is 265. The quantitative estimate of drug-likeness (QED) is 0.719. The zero-order valence-electron chi connectivity index (χ0n) is 9.93. The van der Waals surface area contributed by atoms with Gasteiger partial charge >= 0.3 is 0 Å². The predicted octanol–water partition coefficient (Wildman–Crippen LogP) is 1.86. The molecule has 1 aliphatic carbocycles. The Labute approximate surface area is 91.6 Å². The molecule has 0 aromatic heterocycles. The molecule has 0 aromatic rings. The van der Waals surface area contributed by atoms with Crippen molar-refractivity contribution in [2.24, 2.45) is 5.41 Å². The van der Waals surface area contributed by atoms with Gasteiger partial charge in [0.05, 0.1) is 6.10 Å². The van der Waals surface area contributed by atoms with Crippen LogP contribution in [0.2, 0.25) is 0 Å². The minimum absolute atomic E-state index is 0.0389. The average Bonchev–Trinajstić information content (AvgIpc) is 2.38. The molecule has 2 aliphatic rings. The largest absolute Gasteiger partial charge is 0.381 e. The summed E-state index contributed by atoms with van der Waals surface area (Å²) >= 11 is 0. The molecule has 3 nitrogen and oxygen atoms in total. The molecule has 3 heteroatoms. The fourth-order valence-corrected chi connectivity index (χ4v) is 3.24. The number of nitrogens with one attached hydrogen (secondary N) is 1. The van der Waals surface area contributed by atoms with Crippen molar-refractivity contribution < 1.29 is 9.53 Å². The van der Waals surface area contributed by atoms with Crippen LogP contribution < -0.4 is 5.32 Å². The van der Waals surface area contributed by atoms with Gasteiger partial charge in [-0.2, -0.15) is 0 Å². The molecule has 0 unspecified atom stereocenters. The van der Waals surface area contributed by atoms with Gasteiger partial charge in [0.1, 0.15) is 0 Å². The van der Waals surface area contributed by atoms with Gasteiger partial charge in [0, 0.05) is 24.5 Å². The van der Waals surface area contributed by atoms with Crippen molar-refractivity contribution in [2.45, 2.75) is 57.6 Å². The molecule has 1 N–H and O–H groups in total. The van der Waals surface area contributed by atoms with Crippen LogP contribution in [-0.4, -0.2) is 24.7 Å². The monoisotopic (exact) mass is 211 g/mol. The molecule has 0 aromatic carbocycles. The highest BCUT2D eigenvalue weighted by atomic mass is 16.5. The first-order valence-electron chi connectivity index (χ1n) is 5.83. The van der Waals surface area contributed by atoms with E-state index < -0.39 is 0 Å². The summed E-state index contributed by atoms with van der Waals surface area (Å²) in [5, 5.41) is 3.11. The van der Waals surface area contributed by atoms with Gasteiger partial charge in [0.2, 0.25) is 5.91 Å². The first kappa shape index (κ1) is 10.9. The summed E-state index contributed by atoms with van der Waals surface area (Å²) in [6.45, 7) is 4.32. The van der Waals surface area contributed by atoms with E-state index in [-0.39, 0.29) is 16.9 Å². The van der Waals surface area contributed by atoms with Gasteiger partial charge in [-0.25, -0.2) is 0 Å². The lowest BCUT2D eigenvalue weighted by atomic mass is 9.63. The standard InChI is InChI=1S/C12H21NO2/c1-11(2)12(8-10(14)13-11)6-4-9(15-3)5-7-12/h9H,4-8H2,1-3H3,(H,13,14). The molecule has 0 radical (unpaired) electrons. The van der Waals surface area contributed by atoms with Gasteiger partial charge in [0.15, 0.2) is 0 Å². The number of hydrogen-bond donors (Lipinski definition) is 1. The normalized spacial score (nSPS) is 39.4. The van der Waals surface area contributed by atoms with Gasteiger partial charge in [-0.05, 0) is 39.5 Å². The second-order valence-corrected chi connectivity index (χ2v) is 5.57. The van der Waals surface area contributed by atoms with Crippen LogP contribution in [0.4, 0.5) is 0 Å². The third-order valence-electron chi connectivity index (χ3n) is 4.50.